The smallest absolute Gasteiger partial charge is 0.276 e. The highest BCUT2D eigenvalue weighted by molar-refractivity contribution is 7.91. The molecule has 3 aromatic rings. The normalized spacial score (nSPS) is 18.1. The van der Waals surface area contributed by atoms with Crippen LogP contribution in [0.4, 0.5) is 11.4 Å². The van der Waals surface area contributed by atoms with E-state index in [4.69, 9.17) is 10.5 Å². The molecule has 0 bridgehead atoms. The molecule has 0 radical (unpaired) electrons. The zero-order valence-electron chi connectivity index (χ0n) is 14.8. The first-order chi connectivity index (χ1) is 13.4. The molecule has 3 heterocycles. The quantitative estimate of drug-likeness (QED) is 0.689. The van der Waals surface area contributed by atoms with E-state index in [1.807, 2.05) is 0 Å². The lowest BCUT2D eigenvalue weighted by Crippen LogP contribution is -2.18. The second kappa shape index (κ2) is 7.08. The van der Waals surface area contributed by atoms with Crippen LogP contribution in [0.1, 0.15) is 16.9 Å². The number of anilines is 2. The number of ether oxygens (including phenoxy) is 1. The van der Waals surface area contributed by atoms with Crippen molar-refractivity contribution in [3.8, 4) is 5.88 Å². The van der Waals surface area contributed by atoms with Gasteiger partial charge in [-0.2, -0.15) is 0 Å². The molecule has 0 spiro atoms. The molecule has 3 N–H and O–H groups in total. The van der Waals surface area contributed by atoms with Crippen LogP contribution in [0.3, 0.4) is 0 Å². The number of hydrogen-bond donors (Lipinski definition) is 2. The summed E-state index contributed by atoms with van der Waals surface area (Å²) in [6.07, 6.45) is 3.16. The van der Waals surface area contributed by atoms with Gasteiger partial charge in [-0.15, -0.1) is 0 Å². The van der Waals surface area contributed by atoms with Gasteiger partial charge in [0.1, 0.15) is 6.10 Å². The zero-order valence-corrected chi connectivity index (χ0v) is 15.6. The minimum absolute atomic E-state index is 0.00467. The van der Waals surface area contributed by atoms with Crippen LogP contribution in [0.5, 0.6) is 5.88 Å². The number of rotatable bonds is 4. The molecule has 144 valence electrons. The number of carbonyl (C=O) groups is 1. The summed E-state index contributed by atoms with van der Waals surface area (Å²) in [6.45, 7) is 0. The van der Waals surface area contributed by atoms with Crippen molar-refractivity contribution in [3.05, 3.63) is 54.5 Å². The Morgan fingerprint density at radius 1 is 1.18 bits per heavy atom. The average Bonchev–Trinajstić information content (AvgIpc) is 3.00. The third-order valence-electron chi connectivity index (χ3n) is 4.51. The van der Waals surface area contributed by atoms with Gasteiger partial charge in [0.05, 0.1) is 17.2 Å². The predicted octanol–water partition coefficient (Wildman–Crippen LogP) is 2.03. The highest BCUT2D eigenvalue weighted by Crippen LogP contribution is 2.28. The maximum atomic E-state index is 12.4. The van der Waals surface area contributed by atoms with E-state index in [9.17, 15) is 13.2 Å². The molecule has 1 amide bonds. The van der Waals surface area contributed by atoms with Gasteiger partial charge in [-0.05, 0) is 48.2 Å². The number of carbonyl (C=O) groups excluding carboxylic acids is 1. The average molecular weight is 398 g/mol. The molecule has 9 heteroatoms. The first kappa shape index (κ1) is 18.2. The van der Waals surface area contributed by atoms with E-state index < -0.39 is 21.8 Å². The Morgan fingerprint density at radius 2 is 2.04 bits per heavy atom. The Labute approximate surface area is 161 Å². The number of hydrogen-bond acceptors (Lipinski definition) is 7. The fraction of sp³-hybridized carbons (Fsp3) is 0.211. The van der Waals surface area contributed by atoms with E-state index in [-0.39, 0.29) is 17.2 Å². The molecule has 1 atom stereocenters. The third-order valence-corrected chi connectivity index (χ3v) is 6.25. The van der Waals surface area contributed by atoms with Crippen LogP contribution in [0, 0.1) is 0 Å². The maximum absolute atomic E-state index is 12.4. The summed E-state index contributed by atoms with van der Waals surface area (Å²) < 4.78 is 29.1. The van der Waals surface area contributed by atoms with Crippen molar-refractivity contribution in [2.45, 2.75) is 12.5 Å². The molecule has 0 saturated carbocycles. The molecule has 0 aliphatic carbocycles. The molecule has 8 nitrogen and oxygen atoms in total. The van der Waals surface area contributed by atoms with Crippen LogP contribution in [-0.4, -0.2) is 41.9 Å². The molecule has 1 aliphatic rings. The van der Waals surface area contributed by atoms with Gasteiger partial charge in [-0.1, -0.05) is 0 Å². The van der Waals surface area contributed by atoms with Gasteiger partial charge < -0.3 is 15.8 Å². The number of amides is 1. The van der Waals surface area contributed by atoms with E-state index in [2.05, 4.69) is 15.3 Å². The largest absolute Gasteiger partial charge is 0.473 e. The minimum atomic E-state index is -3.04. The minimum Gasteiger partial charge on any atom is -0.473 e. The molecule has 28 heavy (non-hydrogen) atoms. The monoisotopic (exact) mass is 398 g/mol. The summed E-state index contributed by atoms with van der Waals surface area (Å²) in [5.41, 5.74) is 6.82. The molecule has 1 aliphatic heterocycles. The summed E-state index contributed by atoms with van der Waals surface area (Å²) in [7, 11) is -3.04. The van der Waals surface area contributed by atoms with Crippen LogP contribution in [0.15, 0.2) is 48.8 Å². The number of sulfone groups is 1. The Bertz CT molecular complexity index is 1160. The number of benzene rings is 1. The molecule has 1 saturated heterocycles. The Morgan fingerprint density at radius 3 is 2.79 bits per heavy atom. The molecule has 1 fully saturated rings. The summed E-state index contributed by atoms with van der Waals surface area (Å²) >= 11 is 0. The van der Waals surface area contributed by atoms with Crippen LogP contribution in [0.2, 0.25) is 0 Å². The Kier molecular flexibility index (Phi) is 4.60. The first-order valence-electron chi connectivity index (χ1n) is 8.69. The SMILES string of the molecule is Nc1cccnc1C(=O)Nc1ccc2c(OC3CCS(=O)(=O)C3)nccc2c1. The van der Waals surface area contributed by atoms with Crippen LogP contribution in [0.25, 0.3) is 10.8 Å². The second-order valence-corrected chi connectivity index (χ2v) is 8.82. The summed E-state index contributed by atoms with van der Waals surface area (Å²) in [5, 5.41) is 4.31. The third kappa shape index (κ3) is 3.74. The van der Waals surface area contributed by atoms with Gasteiger partial charge in [0.2, 0.25) is 5.88 Å². The molecule has 1 unspecified atom stereocenters. The second-order valence-electron chi connectivity index (χ2n) is 6.59. The van der Waals surface area contributed by atoms with E-state index in [0.717, 1.165) is 10.8 Å². The molecule has 1 aromatic carbocycles. The van der Waals surface area contributed by atoms with Crippen molar-refractivity contribution >= 4 is 37.9 Å². The predicted molar refractivity (Wildman–Crippen MR) is 106 cm³/mol. The van der Waals surface area contributed by atoms with Crippen molar-refractivity contribution in [3.63, 3.8) is 0 Å². The summed E-state index contributed by atoms with van der Waals surface area (Å²) in [5.74, 6) is 0.116. The zero-order chi connectivity index (χ0) is 19.7. The van der Waals surface area contributed by atoms with Gasteiger partial charge in [-0.25, -0.2) is 18.4 Å². The van der Waals surface area contributed by atoms with E-state index in [0.29, 0.717) is 23.7 Å². The van der Waals surface area contributed by atoms with Gasteiger partial charge in [0.15, 0.2) is 15.5 Å². The highest BCUT2D eigenvalue weighted by atomic mass is 32.2. The van der Waals surface area contributed by atoms with Crippen LogP contribution in [-0.2, 0) is 9.84 Å². The number of nitrogens with two attached hydrogens (primary N) is 1. The van der Waals surface area contributed by atoms with Crippen molar-refractivity contribution in [1.29, 1.82) is 0 Å². The molecular formula is C19H18N4O4S. The van der Waals surface area contributed by atoms with Gasteiger partial charge in [-0.3, -0.25) is 4.79 Å². The first-order valence-corrected chi connectivity index (χ1v) is 10.5. The number of nitrogens with one attached hydrogen (secondary N) is 1. The number of fused-ring (bicyclic) bond motifs is 1. The van der Waals surface area contributed by atoms with E-state index in [1.165, 1.54) is 6.20 Å². The lowest BCUT2D eigenvalue weighted by molar-refractivity contribution is 0.102. The van der Waals surface area contributed by atoms with Crippen LogP contribution < -0.4 is 15.8 Å². The number of pyridine rings is 2. The molecule has 2 aromatic heterocycles. The highest BCUT2D eigenvalue weighted by Gasteiger charge is 2.30. The lowest BCUT2D eigenvalue weighted by Gasteiger charge is -2.13. The van der Waals surface area contributed by atoms with Crippen molar-refractivity contribution in [2.75, 3.05) is 22.6 Å². The fourth-order valence-corrected chi connectivity index (χ4v) is 4.72. The molecular weight excluding hydrogens is 380 g/mol. The number of nitrogen functional groups attached to an aromatic ring is 1. The van der Waals surface area contributed by atoms with Gasteiger partial charge >= 0.3 is 0 Å². The van der Waals surface area contributed by atoms with E-state index >= 15 is 0 Å². The number of aromatic nitrogens is 2. The summed E-state index contributed by atoms with van der Waals surface area (Å²) in [4.78, 5) is 20.6. The molecule has 4 rings (SSSR count). The van der Waals surface area contributed by atoms with Crippen molar-refractivity contribution < 1.29 is 17.9 Å². The lowest BCUT2D eigenvalue weighted by atomic mass is 10.1. The van der Waals surface area contributed by atoms with Crippen LogP contribution >= 0.6 is 0 Å². The fourth-order valence-electron chi connectivity index (χ4n) is 3.13. The van der Waals surface area contributed by atoms with Gasteiger partial charge in [0.25, 0.3) is 5.91 Å². The summed E-state index contributed by atoms with van der Waals surface area (Å²) in [6, 6.07) is 10.3. The maximum Gasteiger partial charge on any atom is 0.276 e. The van der Waals surface area contributed by atoms with Gasteiger partial charge in [0, 0.05) is 23.5 Å². The topological polar surface area (TPSA) is 124 Å². The number of nitrogens with zero attached hydrogens (tertiary/aromatic N) is 2. The van der Waals surface area contributed by atoms with E-state index in [1.54, 1.807) is 42.6 Å². The van der Waals surface area contributed by atoms with Crippen molar-refractivity contribution in [1.82, 2.24) is 9.97 Å². The Balaban J connectivity index is 1.57. The standard InChI is InChI=1S/C19H18N4O4S/c20-16-2-1-7-21-17(16)18(24)23-13-3-4-15-12(10-13)5-8-22-19(15)27-14-6-9-28(25,26)11-14/h1-5,7-8,10,14H,6,9,11,20H2,(H,23,24). The van der Waals surface area contributed by atoms with Crippen molar-refractivity contribution in [2.24, 2.45) is 0 Å². The Hall–Kier alpha value is -3.20.